The molecule has 0 saturated heterocycles. The predicted octanol–water partition coefficient (Wildman–Crippen LogP) is 5.80. The van der Waals surface area contributed by atoms with Crippen molar-refractivity contribution in [1.29, 1.82) is 0 Å². The number of alkyl carbamates (subject to hydrolysis) is 1. The third kappa shape index (κ3) is 6.55. The van der Waals surface area contributed by atoms with Crippen molar-refractivity contribution in [3.05, 3.63) is 75.8 Å². The molecule has 0 aromatic heterocycles. The van der Waals surface area contributed by atoms with Crippen molar-refractivity contribution in [2.45, 2.75) is 19.2 Å². The fraction of sp³-hybridized carbons (Fsp3) is 0.211. The van der Waals surface area contributed by atoms with E-state index in [1.165, 1.54) is 12.1 Å². The van der Waals surface area contributed by atoms with Crippen LogP contribution in [0.3, 0.4) is 0 Å². The average Bonchev–Trinajstić information content (AvgIpc) is 2.61. The fourth-order valence-electron chi connectivity index (χ4n) is 2.16. The Labute approximate surface area is 158 Å². The Morgan fingerprint density at radius 3 is 2.58 bits per heavy atom. The molecule has 0 bridgehead atoms. The van der Waals surface area contributed by atoms with E-state index in [1.54, 1.807) is 12.1 Å². The third-order valence-corrected chi connectivity index (χ3v) is 3.90. The molecular formula is C19H17BrF3NO2. The van der Waals surface area contributed by atoms with Crippen LogP contribution < -0.4 is 5.32 Å². The standard InChI is InChI=1S/C19H17BrF3NO2/c20-16-10-9-15(17(12-16)19(21,22)23)8-4-5-11-24-18(25)26-13-14-6-2-1-3-7-14/h1-4,6-10,12H,5,11,13H2,(H,24,25). The van der Waals surface area contributed by atoms with E-state index in [0.29, 0.717) is 10.9 Å². The molecular weight excluding hydrogens is 411 g/mol. The predicted molar refractivity (Wildman–Crippen MR) is 97.4 cm³/mol. The van der Waals surface area contributed by atoms with Gasteiger partial charge in [-0.2, -0.15) is 13.2 Å². The van der Waals surface area contributed by atoms with Crippen molar-refractivity contribution < 1.29 is 22.7 Å². The number of alkyl halides is 3. The van der Waals surface area contributed by atoms with E-state index in [9.17, 15) is 18.0 Å². The summed E-state index contributed by atoms with van der Waals surface area (Å²) in [6.07, 6.45) is -1.64. The molecule has 2 aromatic rings. The normalized spacial score (nSPS) is 11.5. The highest BCUT2D eigenvalue weighted by Gasteiger charge is 2.32. The Morgan fingerprint density at radius 1 is 1.15 bits per heavy atom. The molecule has 0 aliphatic heterocycles. The van der Waals surface area contributed by atoms with Gasteiger partial charge in [0.05, 0.1) is 5.56 Å². The molecule has 0 radical (unpaired) electrons. The van der Waals surface area contributed by atoms with Gasteiger partial charge < -0.3 is 10.1 Å². The number of ether oxygens (including phenoxy) is 1. The van der Waals surface area contributed by atoms with Crippen molar-refractivity contribution in [3.8, 4) is 0 Å². The van der Waals surface area contributed by atoms with E-state index >= 15 is 0 Å². The molecule has 0 heterocycles. The van der Waals surface area contributed by atoms with E-state index < -0.39 is 17.8 Å². The van der Waals surface area contributed by atoms with Crippen LogP contribution in [-0.2, 0) is 17.5 Å². The van der Waals surface area contributed by atoms with Crippen LogP contribution in [-0.4, -0.2) is 12.6 Å². The second-order valence-electron chi connectivity index (χ2n) is 5.41. The lowest BCUT2D eigenvalue weighted by Gasteiger charge is -2.10. The van der Waals surface area contributed by atoms with Gasteiger partial charge in [-0.3, -0.25) is 0 Å². The smallest absolute Gasteiger partial charge is 0.417 e. The minimum absolute atomic E-state index is 0.0763. The van der Waals surface area contributed by atoms with Crippen molar-refractivity contribution in [2.24, 2.45) is 0 Å². The second-order valence-corrected chi connectivity index (χ2v) is 6.32. The molecule has 2 aromatic carbocycles. The maximum Gasteiger partial charge on any atom is 0.417 e. The van der Waals surface area contributed by atoms with Crippen LogP contribution in [0.5, 0.6) is 0 Å². The molecule has 3 nitrogen and oxygen atoms in total. The topological polar surface area (TPSA) is 38.3 Å². The van der Waals surface area contributed by atoms with Gasteiger partial charge in [0.2, 0.25) is 0 Å². The minimum Gasteiger partial charge on any atom is -0.445 e. The van der Waals surface area contributed by atoms with Crippen LogP contribution in [0, 0.1) is 0 Å². The average molecular weight is 428 g/mol. The molecule has 138 valence electrons. The van der Waals surface area contributed by atoms with E-state index in [1.807, 2.05) is 30.3 Å². The number of halogens is 4. The summed E-state index contributed by atoms with van der Waals surface area (Å²) in [4.78, 5) is 11.6. The van der Waals surface area contributed by atoms with E-state index in [4.69, 9.17) is 4.74 Å². The SMILES string of the molecule is O=C(NCCC=Cc1ccc(Br)cc1C(F)(F)F)OCc1ccccc1. The van der Waals surface area contributed by atoms with Crippen LogP contribution in [0.25, 0.3) is 6.08 Å². The molecule has 26 heavy (non-hydrogen) atoms. The molecule has 0 spiro atoms. The Hall–Kier alpha value is -2.28. The lowest BCUT2D eigenvalue weighted by molar-refractivity contribution is -0.137. The van der Waals surface area contributed by atoms with Gasteiger partial charge in [0.15, 0.2) is 0 Å². The first-order valence-electron chi connectivity index (χ1n) is 7.84. The number of hydrogen-bond acceptors (Lipinski definition) is 2. The molecule has 0 saturated carbocycles. The quantitative estimate of drug-likeness (QED) is 0.591. The lowest BCUT2D eigenvalue weighted by Crippen LogP contribution is -2.24. The first-order chi connectivity index (χ1) is 12.4. The monoisotopic (exact) mass is 427 g/mol. The first kappa shape index (κ1) is 20.0. The van der Waals surface area contributed by atoms with Gasteiger partial charge in [0, 0.05) is 11.0 Å². The maximum atomic E-state index is 13.0. The van der Waals surface area contributed by atoms with E-state index in [2.05, 4.69) is 21.2 Å². The maximum absolute atomic E-state index is 13.0. The summed E-state index contributed by atoms with van der Waals surface area (Å²) in [5.41, 5.74) is 0.239. The second kappa shape index (κ2) is 9.43. The number of carbonyl (C=O) groups excluding carboxylic acids is 1. The number of carbonyl (C=O) groups is 1. The molecule has 2 rings (SSSR count). The van der Waals surface area contributed by atoms with E-state index in [0.717, 1.165) is 11.6 Å². The molecule has 1 N–H and O–H groups in total. The fourth-order valence-corrected chi connectivity index (χ4v) is 2.52. The number of hydrogen-bond donors (Lipinski definition) is 1. The zero-order valence-electron chi connectivity index (χ0n) is 13.7. The Kier molecular flexibility index (Phi) is 7.26. The summed E-state index contributed by atoms with van der Waals surface area (Å²) in [5.74, 6) is 0. The zero-order chi connectivity index (χ0) is 19.0. The molecule has 0 atom stereocenters. The van der Waals surface area contributed by atoms with Crippen molar-refractivity contribution in [3.63, 3.8) is 0 Å². The molecule has 0 aliphatic rings. The van der Waals surface area contributed by atoms with Gasteiger partial charge in [0.1, 0.15) is 6.61 Å². The van der Waals surface area contributed by atoms with Gasteiger partial charge in [-0.05, 0) is 29.7 Å². The zero-order valence-corrected chi connectivity index (χ0v) is 15.3. The minimum atomic E-state index is -4.43. The van der Waals surface area contributed by atoms with Crippen LogP contribution >= 0.6 is 15.9 Å². The lowest BCUT2D eigenvalue weighted by atomic mass is 10.1. The van der Waals surface area contributed by atoms with Gasteiger partial charge in [-0.1, -0.05) is 64.5 Å². The molecule has 0 unspecified atom stereocenters. The molecule has 1 amide bonds. The van der Waals surface area contributed by atoms with Crippen LogP contribution in [0.4, 0.5) is 18.0 Å². The molecule has 0 aliphatic carbocycles. The highest BCUT2D eigenvalue weighted by molar-refractivity contribution is 9.10. The largest absolute Gasteiger partial charge is 0.445 e. The highest BCUT2D eigenvalue weighted by atomic mass is 79.9. The number of amides is 1. The van der Waals surface area contributed by atoms with E-state index in [-0.39, 0.29) is 18.7 Å². The number of nitrogens with one attached hydrogen (secondary N) is 1. The van der Waals surface area contributed by atoms with Gasteiger partial charge >= 0.3 is 12.3 Å². The third-order valence-electron chi connectivity index (χ3n) is 3.41. The summed E-state index contributed by atoms with van der Waals surface area (Å²) in [5, 5.41) is 2.55. The van der Waals surface area contributed by atoms with Gasteiger partial charge in [-0.25, -0.2) is 4.79 Å². The van der Waals surface area contributed by atoms with Crippen molar-refractivity contribution >= 4 is 28.1 Å². The summed E-state index contributed by atoms with van der Waals surface area (Å²) in [7, 11) is 0. The molecule has 0 fully saturated rings. The van der Waals surface area contributed by atoms with Gasteiger partial charge in [-0.15, -0.1) is 0 Å². The van der Waals surface area contributed by atoms with Crippen LogP contribution in [0.1, 0.15) is 23.1 Å². The number of benzene rings is 2. The number of rotatable bonds is 6. The summed E-state index contributed by atoms with van der Waals surface area (Å²) in [6.45, 7) is 0.429. The summed E-state index contributed by atoms with van der Waals surface area (Å²) >= 11 is 3.04. The van der Waals surface area contributed by atoms with Crippen molar-refractivity contribution in [2.75, 3.05) is 6.54 Å². The Balaban J connectivity index is 1.78. The summed E-state index contributed by atoms with van der Waals surface area (Å²) in [6, 6.07) is 13.2. The summed E-state index contributed by atoms with van der Waals surface area (Å²) < 4.78 is 44.4. The molecule has 7 heteroatoms. The first-order valence-corrected chi connectivity index (χ1v) is 8.63. The van der Waals surface area contributed by atoms with Crippen LogP contribution in [0.15, 0.2) is 59.1 Å². The van der Waals surface area contributed by atoms with Crippen LogP contribution in [0.2, 0.25) is 0 Å². The highest BCUT2D eigenvalue weighted by Crippen LogP contribution is 2.34. The Morgan fingerprint density at radius 2 is 1.88 bits per heavy atom. The van der Waals surface area contributed by atoms with Crippen molar-refractivity contribution in [1.82, 2.24) is 5.32 Å². The van der Waals surface area contributed by atoms with Gasteiger partial charge in [0.25, 0.3) is 0 Å². The Bertz CT molecular complexity index is 761.